The first-order valence-corrected chi connectivity index (χ1v) is 6.43. The molecule has 1 aromatic rings. The van der Waals surface area contributed by atoms with Gasteiger partial charge in [-0.2, -0.15) is 0 Å². The van der Waals surface area contributed by atoms with Crippen molar-refractivity contribution < 1.29 is 0 Å². The summed E-state index contributed by atoms with van der Waals surface area (Å²) < 4.78 is 0. The van der Waals surface area contributed by atoms with E-state index in [1.54, 1.807) is 0 Å². The van der Waals surface area contributed by atoms with E-state index in [2.05, 4.69) is 41.0 Å². The highest BCUT2D eigenvalue weighted by Gasteiger charge is 2.10. The Morgan fingerprint density at radius 3 is 2.62 bits per heavy atom. The molecule has 16 heavy (non-hydrogen) atoms. The van der Waals surface area contributed by atoms with Crippen molar-refractivity contribution in [1.82, 2.24) is 10.6 Å². The third kappa shape index (κ3) is 3.95. The number of rotatable bonds is 5. The number of hydrogen-bond acceptors (Lipinski definition) is 2. The fourth-order valence-corrected chi connectivity index (χ4v) is 2.27. The second kappa shape index (κ2) is 6.66. The van der Waals surface area contributed by atoms with E-state index in [1.165, 1.54) is 44.3 Å². The SMILES string of the molecule is c1ccc(CCCNC2CCNCC2)cc1. The van der Waals surface area contributed by atoms with Gasteiger partial charge < -0.3 is 10.6 Å². The molecule has 0 radical (unpaired) electrons. The van der Waals surface area contributed by atoms with Crippen molar-refractivity contribution >= 4 is 0 Å². The van der Waals surface area contributed by atoms with Gasteiger partial charge in [0.1, 0.15) is 0 Å². The average molecular weight is 218 g/mol. The van der Waals surface area contributed by atoms with Gasteiger partial charge in [0.05, 0.1) is 0 Å². The summed E-state index contributed by atoms with van der Waals surface area (Å²) in [7, 11) is 0. The smallest absolute Gasteiger partial charge is 0.00912 e. The second-order valence-corrected chi connectivity index (χ2v) is 4.57. The lowest BCUT2D eigenvalue weighted by molar-refractivity contribution is 0.386. The molecule has 2 nitrogen and oxygen atoms in total. The summed E-state index contributed by atoms with van der Waals surface area (Å²) in [6, 6.07) is 11.5. The number of nitrogens with one attached hydrogen (secondary N) is 2. The maximum absolute atomic E-state index is 3.65. The molecular formula is C14H22N2. The maximum Gasteiger partial charge on any atom is 0.00912 e. The minimum Gasteiger partial charge on any atom is -0.317 e. The lowest BCUT2D eigenvalue weighted by Crippen LogP contribution is -2.40. The summed E-state index contributed by atoms with van der Waals surface area (Å²) in [6.07, 6.45) is 5.00. The minimum absolute atomic E-state index is 0.747. The van der Waals surface area contributed by atoms with Crippen molar-refractivity contribution in [2.75, 3.05) is 19.6 Å². The van der Waals surface area contributed by atoms with Crippen LogP contribution in [0.2, 0.25) is 0 Å². The summed E-state index contributed by atoms with van der Waals surface area (Å²) in [5, 5.41) is 7.04. The number of piperidine rings is 1. The van der Waals surface area contributed by atoms with Crippen LogP contribution in [0.1, 0.15) is 24.8 Å². The van der Waals surface area contributed by atoms with Crippen LogP contribution >= 0.6 is 0 Å². The summed E-state index contributed by atoms with van der Waals surface area (Å²) in [5.74, 6) is 0. The van der Waals surface area contributed by atoms with E-state index in [1.807, 2.05) is 0 Å². The molecule has 0 unspecified atom stereocenters. The number of aryl methyl sites for hydroxylation is 1. The molecule has 1 aliphatic rings. The quantitative estimate of drug-likeness (QED) is 0.738. The van der Waals surface area contributed by atoms with E-state index in [0.717, 1.165) is 12.6 Å². The molecule has 1 saturated heterocycles. The molecular weight excluding hydrogens is 196 g/mol. The highest BCUT2D eigenvalue weighted by molar-refractivity contribution is 5.14. The van der Waals surface area contributed by atoms with Crippen LogP contribution < -0.4 is 10.6 Å². The molecule has 0 atom stereocenters. The van der Waals surface area contributed by atoms with Crippen molar-refractivity contribution in [3.05, 3.63) is 35.9 Å². The molecule has 0 aromatic heterocycles. The Balaban J connectivity index is 1.58. The van der Waals surface area contributed by atoms with E-state index < -0.39 is 0 Å². The molecule has 1 fully saturated rings. The lowest BCUT2D eigenvalue weighted by atomic mass is 10.1. The first kappa shape index (κ1) is 11.6. The lowest BCUT2D eigenvalue weighted by Gasteiger charge is -2.23. The fraction of sp³-hybridized carbons (Fsp3) is 0.571. The summed E-state index contributed by atoms with van der Waals surface area (Å²) >= 11 is 0. The molecule has 88 valence electrons. The van der Waals surface area contributed by atoms with Gasteiger partial charge in [-0.15, -0.1) is 0 Å². The van der Waals surface area contributed by atoms with Crippen molar-refractivity contribution in [3.63, 3.8) is 0 Å². The zero-order chi connectivity index (χ0) is 11.1. The van der Waals surface area contributed by atoms with Gasteiger partial charge in [-0.05, 0) is 50.9 Å². The fourth-order valence-electron chi connectivity index (χ4n) is 2.27. The Bertz CT molecular complexity index is 278. The number of benzene rings is 1. The van der Waals surface area contributed by atoms with Crippen molar-refractivity contribution in [3.8, 4) is 0 Å². The Kier molecular flexibility index (Phi) is 4.84. The van der Waals surface area contributed by atoms with Gasteiger partial charge in [-0.25, -0.2) is 0 Å². The van der Waals surface area contributed by atoms with Gasteiger partial charge in [0, 0.05) is 6.04 Å². The summed E-state index contributed by atoms with van der Waals surface area (Å²) in [4.78, 5) is 0. The van der Waals surface area contributed by atoms with Crippen molar-refractivity contribution in [1.29, 1.82) is 0 Å². The third-order valence-electron chi connectivity index (χ3n) is 3.26. The molecule has 1 aromatic carbocycles. The van der Waals surface area contributed by atoms with E-state index in [4.69, 9.17) is 0 Å². The van der Waals surface area contributed by atoms with Crippen LogP contribution in [-0.4, -0.2) is 25.7 Å². The molecule has 0 spiro atoms. The molecule has 1 heterocycles. The van der Waals surface area contributed by atoms with Gasteiger partial charge in [0.25, 0.3) is 0 Å². The van der Waals surface area contributed by atoms with E-state index in [9.17, 15) is 0 Å². The number of hydrogen-bond donors (Lipinski definition) is 2. The van der Waals surface area contributed by atoms with Crippen LogP contribution in [-0.2, 0) is 6.42 Å². The van der Waals surface area contributed by atoms with Crippen molar-refractivity contribution in [2.45, 2.75) is 31.7 Å². The van der Waals surface area contributed by atoms with Crippen LogP contribution in [0, 0.1) is 0 Å². The average Bonchev–Trinajstić information content (AvgIpc) is 2.37. The van der Waals surface area contributed by atoms with E-state index in [0.29, 0.717) is 0 Å². The predicted molar refractivity (Wildman–Crippen MR) is 68.7 cm³/mol. The second-order valence-electron chi connectivity index (χ2n) is 4.57. The molecule has 2 heteroatoms. The first-order chi connectivity index (χ1) is 7.95. The molecule has 1 aliphatic heterocycles. The topological polar surface area (TPSA) is 24.1 Å². The van der Waals surface area contributed by atoms with Crippen LogP contribution in [0.4, 0.5) is 0 Å². The molecule has 0 aliphatic carbocycles. The van der Waals surface area contributed by atoms with Gasteiger partial charge in [0.15, 0.2) is 0 Å². The van der Waals surface area contributed by atoms with Crippen LogP contribution in [0.25, 0.3) is 0 Å². The standard InChI is InChI=1S/C14H22N2/c1-2-5-13(6-3-1)7-4-10-16-14-8-11-15-12-9-14/h1-3,5-6,14-16H,4,7-12H2. The molecule has 2 rings (SSSR count). The van der Waals surface area contributed by atoms with Crippen molar-refractivity contribution in [2.24, 2.45) is 0 Å². The molecule has 0 amide bonds. The first-order valence-electron chi connectivity index (χ1n) is 6.43. The molecule has 0 saturated carbocycles. The zero-order valence-corrected chi connectivity index (χ0v) is 9.91. The van der Waals surface area contributed by atoms with Crippen LogP contribution in [0.5, 0.6) is 0 Å². The van der Waals surface area contributed by atoms with E-state index in [-0.39, 0.29) is 0 Å². The van der Waals surface area contributed by atoms with Crippen LogP contribution in [0.15, 0.2) is 30.3 Å². The highest BCUT2D eigenvalue weighted by atomic mass is 15.0. The van der Waals surface area contributed by atoms with Gasteiger partial charge in [-0.3, -0.25) is 0 Å². The zero-order valence-electron chi connectivity index (χ0n) is 9.91. The van der Waals surface area contributed by atoms with Crippen LogP contribution in [0.3, 0.4) is 0 Å². The molecule has 2 N–H and O–H groups in total. The summed E-state index contributed by atoms with van der Waals surface area (Å²) in [6.45, 7) is 3.51. The maximum atomic E-state index is 3.65. The Morgan fingerprint density at radius 2 is 1.88 bits per heavy atom. The normalized spacial score (nSPS) is 17.5. The van der Waals surface area contributed by atoms with Gasteiger partial charge in [-0.1, -0.05) is 30.3 Å². The Morgan fingerprint density at radius 1 is 1.12 bits per heavy atom. The third-order valence-corrected chi connectivity index (χ3v) is 3.26. The van der Waals surface area contributed by atoms with Gasteiger partial charge >= 0.3 is 0 Å². The molecule has 0 bridgehead atoms. The predicted octanol–water partition coefficient (Wildman–Crippen LogP) is 1.96. The largest absolute Gasteiger partial charge is 0.317 e. The van der Waals surface area contributed by atoms with E-state index >= 15 is 0 Å². The highest BCUT2D eigenvalue weighted by Crippen LogP contribution is 2.04. The minimum atomic E-state index is 0.747. The Labute approximate surface area is 98.4 Å². The summed E-state index contributed by atoms with van der Waals surface area (Å²) in [5.41, 5.74) is 1.45. The monoisotopic (exact) mass is 218 g/mol. The Hall–Kier alpha value is -0.860. The van der Waals surface area contributed by atoms with Gasteiger partial charge in [0.2, 0.25) is 0 Å².